The molecule has 0 radical (unpaired) electrons. The maximum atomic E-state index is 10.8. The van der Waals surface area contributed by atoms with E-state index < -0.39 is 5.60 Å². The van der Waals surface area contributed by atoms with Crippen molar-refractivity contribution in [2.75, 3.05) is 26.2 Å². The number of rotatable bonds is 4. The summed E-state index contributed by atoms with van der Waals surface area (Å²) in [6.07, 6.45) is 2.51. The van der Waals surface area contributed by atoms with Crippen molar-refractivity contribution in [3.05, 3.63) is 35.9 Å². The van der Waals surface area contributed by atoms with E-state index >= 15 is 0 Å². The molecule has 0 bridgehead atoms. The molecule has 1 saturated heterocycles. The van der Waals surface area contributed by atoms with Crippen LogP contribution < -0.4 is 5.73 Å². The first-order chi connectivity index (χ1) is 8.64. The van der Waals surface area contributed by atoms with Crippen LogP contribution in [0, 0.1) is 5.92 Å². The molecule has 0 aliphatic carbocycles. The third-order valence-corrected chi connectivity index (χ3v) is 3.88. The third kappa shape index (κ3) is 3.10. The summed E-state index contributed by atoms with van der Waals surface area (Å²) in [5, 5.41) is 10.8. The summed E-state index contributed by atoms with van der Waals surface area (Å²) in [5.74, 6) is 0.719. The van der Waals surface area contributed by atoms with Crippen LogP contribution in [0.5, 0.6) is 0 Å². The number of hydrogen-bond donors (Lipinski definition) is 2. The molecule has 3 nitrogen and oxygen atoms in total. The predicted molar refractivity (Wildman–Crippen MR) is 74.2 cm³/mol. The Balaban J connectivity index is 2.08. The predicted octanol–water partition coefficient (Wildman–Crippen LogP) is 1.56. The molecule has 1 heterocycles. The molecular formula is C15H24N2O. The van der Waals surface area contributed by atoms with Gasteiger partial charge >= 0.3 is 0 Å². The largest absolute Gasteiger partial charge is 0.382 e. The number of nitrogens with zero attached hydrogens (tertiary/aromatic N) is 1. The molecule has 1 aliphatic rings. The second kappa shape index (κ2) is 5.83. The van der Waals surface area contributed by atoms with E-state index in [0.29, 0.717) is 6.54 Å². The van der Waals surface area contributed by atoms with Gasteiger partial charge in [0.1, 0.15) is 5.60 Å². The van der Waals surface area contributed by atoms with E-state index in [1.54, 1.807) is 0 Å². The Morgan fingerprint density at radius 1 is 1.39 bits per heavy atom. The average molecular weight is 248 g/mol. The Kier molecular flexibility index (Phi) is 4.38. The molecule has 3 N–H and O–H groups in total. The third-order valence-electron chi connectivity index (χ3n) is 3.88. The molecule has 1 aliphatic heterocycles. The number of likely N-dealkylation sites (tertiary alicyclic amines) is 1. The summed E-state index contributed by atoms with van der Waals surface area (Å²) in [5.41, 5.74) is 5.82. The summed E-state index contributed by atoms with van der Waals surface area (Å²) < 4.78 is 0. The van der Waals surface area contributed by atoms with E-state index in [1.165, 1.54) is 12.8 Å². The van der Waals surface area contributed by atoms with Gasteiger partial charge in [-0.1, -0.05) is 37.3 Å². The molecule has 18 heavy (non-hydrogen) atoms. The number of benzene rings is 1. The van der Waals surface area contributed by atoms with Gasteiger partial charge in [-0.2, -0.15) is 0 Å². The van der Waals surface area contributed by atoms with Gasteiger partial charge in [0, 0.05) is 19.6 Å². The van der Waals surface area contributed by atoms with Crippen molar-refractivity contribution in [2.24, 2.45) is 11.7 Å². The van der Waals surface area contributed by atoms with Gasteiger partial charge in [-0.3, -0.25) is 4.90 Å². The molecule has 2 unspecified atom stereocenters. The number of aliphatic hydroxyl groups is 1. The molecule has 3 heteroatoms. The van der Waals surface area contributed by atoms with Crippen molar-refractivity contribution in [1.29, 1.82) is 0 Å². The maximum Gasteiger partial charge on any atom is 0.114 e. The fourth-order valence-electron chi connectivity index (χ4n) is 2.82. The van der Waals surface area contributed by atoms with Crippen molar-refractivity contribution in [3.63, 3.8) is 0 Å². The molecule has 0 aromatic heterocycles. The lowest BCUT2D eigenvalue weighted by Crippen LogP contribution is -2.48. The number of hydrogen-bond acceptors (Lipinski definition) is 3. The van der Waals surface area contributed by atoms with Crippen LogP contribution in [0.1, 0.15) is 25.3 Å². The fourth-order valence-corrected chi connectivity index (χ4v) is 2.82. The minimum Gasteiger partial charge on any atom is -0.382 e. The molecule has 1 aromatic rings. The lowest BCUT2D eigenvalue weighted by Gasteiger charge is -2.37. The van der Waals surface area contributed by atoms with Crippen molar-refractivity contribution in [2.45, 2.75) is 25.4 Å². The topological polar surface area (TPSA) is 49.5 Å². The second-order valence-corrected chi connectivity index (χ2v) is 5.58. The Morgan fingerprint density at radius 3 is 2.72 bits per heavy atom. The first kappa shape index (κ1) is 13.5. The van der Waals surface area contributed by atoms with E-state index in [2.05, 4.69) is 11.8 Å². The average Bonchev–Trinajstić information content (AvgIpc) is 2.39. The van der Waals surface area contributed by atoms with Gasteiger partial charge in [0.25, 0.3) is 0 Å². The van der Waals surface area contributed by atoms with E-state index in [9.17, 15) is 5.11 Å². The number of piperidine rings is 1. The molecular weight excluding hydrogens is 224 g/mol. The summed E-state index contributed by atoms with van der Waals surface area (Å²) in [7, 11) is 0. The Morgan fingerprint density at radius 2 is 2.11 bits per heavy atom. The van der Waals surface area contributed by atoms with Gasteiger partial charge < -0.3 is 10.8 Å². The molecule has 0 amide bonds. The van der Waals surface area contributed by atoms with Gasteiger partial charge in [-0.05, 0) is 30.9 Å². The molecule has 2 rings (SSSR count). The fraction of sp³-hybridized carbons (Fsp3) is 0.600. The normalized spacial score (nSPS) is 24.7. The lowest BCUT2D eigenvalue weighted by molar-refractivity contribution is -0.00366. The van der Waals surface area contributed by atoms with Crippen LogP contribution >= 0.6 is 0 Å². The summed E-state index contributed by atoms with van der Waals surface area (Å²) in [6.45, 7) is 5.31. The monoisotopic (exact) mass is 248 g/mol. The highest BCUT2D eigenvalue weighted by atomic mass is 16.3. The van der Waals surface area contributed by atoms with E-state index in [1.807, 2.05) is 30.3 Å². The molecule has 0 saturated carbocycles. The maximum absolute atomic E-state index is 10.8. The van der Waals surface area contributed by atoms with Crippen LogP contribution in [-0.2, 0) is 5.60 Å². The zero-order valence-corrected chi connectivity index (χ0v) is 11.2. The number of β-amino-alcohol motifs (C(OH)–C–C–N with tert-alkyl or cyclic N) is 1. The second-order valence-electron chi connectivity index (χ2n) is 5.58. The van der Waals surface area contributed by atoms with Crippen molar-refractivity contribution in [3.8, 4) is 0 Å². The Bertz CT molecular complexity index is 368. The van der Waals surface area contributed by atoms with Crippen molar-refractivity contribution in [1.82, 2.24) is 4.90 Å². The van der Waals surface area contributed by atoms with Gasteiger partial charge in [0.05, 0.1) is 0 Å². The van der Waals surface area contributed by atoms with Gasteiger partial charge in [0.15, 0.2) is 0 Å². The highest BCUT2D eigenvalue weighted by molar-refractivity contribution is 5.23. The molecule has 100 valence electrons. The minimum atomic E-state index is -0.918. The zero-order chi connectivity index (χ0) is 13.0. The minimum absolute atomic E-state index is 0.266. The van der Waals surface area contributed by atoms with Gasteiger partial charge in [-0.25, -0.2) is 0 Å². The quantitative estimate of drug-likeness (QED) is 0.850. The van der Waals surface area contributed by atoms with Crippen LogP contribution in [0.25, 0.3) is 0 Å². The van der Waals surface area contributed by atoms with Crippen LogP contribution in [-0.4, -0.2) is 36.2 Å². The zero-order valence-electron chi connectivity index (χ0n) is 11.2. The first-order valence-electron chi connectivity index (χ1n) is 6.84. The summed E-state index contributed by atoms with van der Waals surface area (Å²) in [6, 6.07) is 9.79. The highest BCUT2D eigenvalue weighted by Crippen LogP contribution is 2.24. The standard InChI is InChI=1S/C15H24N2O/c1-13-6-5-9-17(10-13)12-15(18,11-16)14-7-3-2-4-8-14/h2-4,7-8,13,18H,5-6,9-12,16H2,1H3. The van der Waals surface area contributed by atoms with Crippen molar-refractivity contribution >= 4 is 0 Å². The lowest BCUT2D eigenvalue weighted by atomic mass is 9.91. The van der Waals surface area contributed by atoms with E-state index in [0.717, 1.165) is 24.6 Å². The van der Waals surface area contributed by atoms with Crippen molar-refractivity contribution < 1.29 is 5.11 Å². The van der Waals surface area contributed by atoms with Gasteiger partial charge in [-0.15, -0.1) is 0 Å². The summed E-state index contributed by atoms with van der Waals surface area (Å²) >= 11 is 0. The van der Waals surface area contributed by atoms with E-state index in [-0.39, 0.29) is 6.54 Å². The first-order valence-corrected chi connectivity index (χ1v) is 6.84. The summed E-state index contributed by atoms with van der Waals surface area (Å²) in [4.78, 5) is 2.34. The van der Waals surface area contributed by atoms with Gasteiger partial charge in [0.2, 0.25) is 0 Å². The molecule has 0 spiro atoms. The van der Waals surface area contributed by atoms with Crippen LogP contribution in [0.3, 0.4) is 0 Å². The Labute approximate surface area is 110 Å². The smallest absolute Gasteiger partial charge is 0.114 e. The SMILES string of the molecule is CC1CCCN(CC(O)(CN)c2ccccc2)C1. The molecule has 2 atom stereocenters. The molecule has 1 fully saturated rings. The molecule has 1 aromatic carbocycles. The highest BCUT2D eigenvalue weighted by Gasteiger charge is 2.31. The van der Waals surface area contributed by atoms with Crippen LogP contribution in [0.4, 0.5) is 0 Å². The Hall–Kier alpha value is -0.900. The van der Waals surface area contributed by atoms with Crippen LogP contribution in [0.2, 0.25) is 0 Å². The number of nitrogens with two attached hydrogens (primary N) is 1. The van der Waals surface area contributed by atoms with E-state index in [4.69, 9.17) is 5.73 Å². The van der Waals surface area contributed by atoms with Crippen LogP contribution in [0.15, 0.2) is 30.3 Å².